The van der Waals surface area contributed by atoms with Crippen LogP contribution < -0.4 is 0 Å². The van der Waals surface area contributed by atoms with Gasteiger partial charge in [-0.25, -0.2) is 0 Å². The molecule has 3 aromatic rings. The van der Waals surface area contributed by atoms with Crippen LogP contribution in [0.15, 0.2) is 109 Å². The molecule has 0 saturated carbocycles. The summed E-state index contributed by atoms with van der Waals surface area (Å²) < 4.78 is 12.4. The van der Waals surface area contributed by atoms with Crippen molar-refractivity contribution >= 4 is 6.21 Å². The summed E-state index contributed by atoms with van der Waals surface area (Å²) in [5.41, 5.74) is 2.27. The highest BCUT2D eigenvalue weighted by Crippen LogP contribution is 2.40. The average Bonchev–Trinajstić information content (AvgIpc) is 2.80. The molecule has 0 aliphatic carbocycles. The molecule has 0 bridgehead atoms. The molecule has 0 saturated heterocycles. The lowest BCUT2D eigenvalue weighted by Gasteiger charge is -2.36. The summed E-state index contributed by atoms with van der Waals surface area (Å²) in [5.74, 6) is 0. The van der Waals surface area contributed by atoms with Gasteiger partial charge in [0.05, 0.1) is 25.5 Å². The van der Waals surface area contributed by atoms with Crippen molar-refractivity contribution in [2.75, 3.05) is 13.2 Å². The van der Waals surface area contributed by atoms with Gasteiger partial charge in [0.2, 0.25) is 0 Å². The summed E-state index contributed by atoms with van der Waals surface area (Å²) in [6.45, 7) is 4.30. The Morgan fingerprint density at radius 1 is 0.828 bits per heavy atom. The Kier molecular flexibility index (Phi) is 7.34. The zero-order valence-electron chi connectivity index (χ0n) is 16.2. The van der Waals surface area contributed by atoms with E-state index in [-0.39, 0.29) is 19.3 Å². The largest absolute Gasteiger partial charge is 0.411 e. The monoisotopic (exact) mass is 387 g/mol. The SMILES string of the molecule is C=C[C@@H](COC(c1ccccc1)(c1ccccc1)c1ccccc1)OCC=NO. The summed E-state index contributed by atoms with van der Waals surface area (Å²) in [6.07, 6.45) is 2.62. The Bertz CT molecular complexity index is 798. The molecule has 0 unspecified atom stereocenters. The first-order chi connectivity index (χ1) is 14.3. The van der Waals surface area contributed by atoms with Gasteiger partial charge in [0.1, 0.15) is 5.60 Å². The second-order valence-corrected chi connectivity index (χ2v) is 6.50. The van der Waals surface area contributed by atoms with Gasteiger partial charge >= 0.3 is 0 Å². The van der Waals surface area contributed by atoms with Gasteiger partial charge in [-0.1, -0.05) is 102 Å². The number of hydrogen-bond donors (Lipinski definition) is 1. The highest BCUT2D eigenvalue weighted by atomic mass is 16.5. The number of benzene rings is 3. The number of nitrogens with zero attached hydrogens (tertiary/aromatic N) is 1. The van der Waals surface area contributed by atoms with Gasteiger partial charge in [-0.15, -0.1) is 6.58 Å². The predicted octanol–water partition coefficient (Wildman–Crippen LogP) is 5.03. The minimum absolute atomic E-state index is 0.172. The number of hydrogen-bond acceptors (Lipinski definition) is 4. The maximum atomic E-state index is 8.59. The molecule has 0 radical (unpaired) electrons. The number of oxime groups is 1. The number of ether oxygens (including phenoxy) is 2. The summed E-state index contributed by atoms with van der Waals surface area (Å²) >= 11 is 0. The molecule has 148 valence electrons. The molecule has 29 heavy (non-hydrogen) atoms. The van der Waals surface area contributed by atoms with Crippen LogP contribution in [-0.4, -0.2) is 30.7 Å². The molecular weight excluding hydrogens is 362 g/mol. The van der Waals surface area contributed by atoms with E-state index >= 15 is 0 Å². The molecule has 0 heterocycles. The van der Waals surface area contributed by atoms with Crippen LogP contribution in [0.3, 0.4) is 0 Å². The van der Waals surface area contributed by atoms with Crippen LogP contribution in [-0.2, 0) is 15.1 Å². The maximum absolute atomic E-state index is 8.59. The van der Waals surface area contributed by atoms with Gasteiger partial charge in [0, 0.05) is 0 Å². The van der Waals surface area contributed by atoms with Crippen molar-refractivity contribution < 1.29 is 14.7 Å². The molecule has 4 heteroatoms. The summed E-state index contributed by atoms with van der Waals surface area (Å²) in [7, 11) is 0. The Balaban J connectivity index is 2.06. The molecule has 0 fully saturated rings. The number of rotatable bonds is 10. The quantitative estimate of drug-likeness (QED) is 0.175. The van der Waals surface area contributed by atoms with Crippen LogP contribution in [0.5, 0.6) is 0 Å². The van der Waals surface area contributed by atoms with Gasteiger partial charge in [-0.2, -0.15) is 0 Å². The smallest absolute Gasteiger partial charge is 0.143 e. The van der Waals surface area contributed by atoms with Crippen LogP contribution in [0.1, 0.15) is 16.7 Å². The lowest BCUT2D eigenvalue weighted by atomic mass is 9.80. The van der Waals surface area contributed by atoms with E-state index in [2.05, 4.69) is 48.1 Å². The van der Waals surface area contributed by atoms with Crippen LogP contribution >= 0.6 is 0 Å². The van der Waals surface area contributed by atoms with Gasteiger partial charge in [0.15, 0.2) is 0 Å². The summed E-state index contributed by atoms with van der Waals surface area (Å²) in [5, 5.41) is 11.6. The third kappa shape index (κ3) is 4.80. The van der Waals surface area contributed by atoms with Crippen LogP contribution in [0.4, 0.5) is 0 Å². The lowest BCUT2D eigenvalue weighted by Crippen LogP contribution is -2.36. The van der Waals surface area contributed by atoms with E-state index in [1.165, 1.54) is 6.21 Å². The Hall–Kier alpha value is -3.21. The fraction of sp³-hybridized carbons (Fsp3) is 0.160. The minimum atomic E-state index is -0.806. The predicted molar refractivity (Wildman–Crippen MR) is 115 cm³/mol. The van der Waals surface area contributed by atoms with Crippen LogP contribution in [0, 0.1) is 0 Å². The Morgan fingerprint density at radius 2 is 1.28 bits per heavy atom. The molecule has 3 rings (SSSR count). The average molecular weight is 387 g/mol. The van der Waals surface area contributed by atoms with E-state index in [1.807, 2.05) is 54.6 Å². The van der Waals surface area contributed by atoms with Crippen molar-refractivity contribution in [3.8, 4) is 0 Å². The molecule has 4 nitrogen and oxygen atoms in total. The third-order valence-electron chi connectivity index (χ3n) is 4.73. The second kappa shape index (κ2) is 10.4. The van der Waals surface area contributed by atoms with Crippen LogP contribution in [0.2, 0.25) is 0 Å². The first-order valence-electron chi connectivity index (χ1n) is 9.52. The summed E-state index contributed by atoms with van der Waals surface area (Å²) in [6, 6.07) is 30.5. The van der Waals surface area contributed by atoms with Crippen molar-refractivity contribution in [1.82, 2.24) is 0 Å². The van der Waals surface area contributed by atoms with Crippen molar-refractivity contribution in [3.05, 3.63) is 120 Å². The standard InChI is InChI=1S/C25H25NO3/c1-2-24(28-19-18-26-27)20-29-25(21-12-6-3-7-13-21,22-14-8-4-9-15-22)23-16-10-5-11-17-23/h2-18,24,27H,1,19-20H2/t24-/m0/s1. The van der Waals surface area contributed by atoms with Gasteiger partial charge in [-0.05, 0) is 16.7 Å². The Labute approximate surface area is 171 Å². The van der Waals surface area contributed by atoms with Gasteiger partial charge < -0.3 is 14.7 Å². The van der Waals surface area contributed by atoms with Crippen molar-refractivity contribution in [3.63, 3.8) is 0 Å². The minimum Gasteiger partial charge on any atom is -0.411 e. The maximum Gasteiger partial charge on any atom is 0.143 e. The molecule has 1 N–H and O–H groups in total. The highest BCUT2D eigenvalue weighted by molar-refractivity contribution is 5.57. The highest BCUT2D eigenvalue weighted by Gasteiger charge is 2.37. The molecule has 0 aliphatic rings. The van der Waals surface area contributed by atoms with E-state index in [4.69, 9.17) is 14.7 Å². The van der Waals surface area contributed by atoms with Gasteiger partial charge in [-0.3, -0.25) is 0 Å². The summed E-state index contributed by atoms with van der Waals surface area (Å²) in [4.78, 5) is 0. The molecular formula is C25H25NO3. The Morgan fingerprint density at radius 3 is 1.66 bits per heavy atom. The van der Waals surface area contributed by atoms with Crippen molar-refractivity contribution in [1.29, 1.82) is 0 Å². The van der Waals surface area contributed by atoms with Crippen molar-refractivity contribution in [2.24, 2.45) is 5.16 Å². The zero-order valence-corrected chi connectivity index (χ0v) is 16.2. The van der Waals surface area contributed by atoms with E-state index < -0.39 is 5.60 Å². The molecule has 3 aromatic carbocycles. The molecule has 0 aliphatic heterocycles. The van der Waals surface area contributed by atoms with E-state index in [1.54, 1.807) is 6.08 Å². The topological polar surface area (TPSA) is 51.0 Å². The fourth-order valence-electron chi connectivity index (χ4n) is 3.36. The van der Waals surface area contributed by atoms with Crippen LogP contribution in [0.25, 0.3) is 0 Å². The third-order valence-corrected chi connectivity index (χ3v) is 4.73. The lowest BCUT2D eigenvalue weighted by molar-refractivity contribution is -0.0409. The second-order valence-electron chi connectivity index (χ2n) is 6.50. The normalized spacial score (nSPS) is 12.7. The van der Waals surface area contributed by atoms with Crippen molar-refractivity contribution in [2.45, 2.75) is 11.7 Å². The molecule has 0 spiro atoms. The fourth-order valence-corrected chi connectivity index (χ4v) is 3.36. The van der Waals surface area contributed by atoms with E-state index in [0.29, 0.717) is 0 Å². The molecule has 0 amide bonds. The molecule has 1 atom stereocenters. The first-order valence-corrected chi connectivity index (χ1v) is 9.52. The zero-order chi connectivity index (χ0) is 20.4. The van der Waals surface area contributed by atoms with Gasteiger partial charge in [0.25, 0.3) is 0 Å². The first kappa shape index (κ1) is 20.5. The molecule has 0 aromatic heterocycles. The van der Waals surface area contributed by atoms with E-state index in [9.17, 15) is 0 Å². The van der Waals surface area contributed by atoms with E-state index in [0.717, 1.165) is 16.7 Å².